The average Bonchev–Trinajstić information content (AvgIpc) is 2.92. The number of hydrogen-bond donors (Lipinski definition) is 3. The quantitative estimate of drug-likeness (QED) is 0.739. The van der Waals surface area contributed by atoms with Crippen LogP contribution in [0.4, 0.5) is 0 Å². The maximum atomic E-state index is 12.2. The standard InChI is InChI=1S/C12H13Cl2N3O3S/c13-9-1-2-10(12(14)8(9)7-18)21(19,20)17-4-3-11-15-5-6-16-11/h1-2,5-6,17-18H,3-4,7H2,(H,15,16). The summed E-state index contributed by atoms with van der Waals surface area (Å²) in [7, 11) is -3.79. The Balaban J connectivity index is 2.16. The summed E-state index contributed by atoms with van der Waals surface area (Å²) in [5.41, 5.74) is 0.187. The number of imidazole rings is 1. The summed E-state index contributed by atoms with van der Waals surface area (Å²) in [6.07, 6.45) is 3.67. The van der Waals surface area contributed by atoms with Crippen molar-refractivity contribution in [3.05, 3.63) is 46.0 Å². The molecule has 0 amide bonds. The van der Waals surface area contributed by atoms with Gasteiger partial charge in [0.1, 0.15) is 10.7 Å². The number of aromatic amines is 1. The second kappa shape index (κ2) is 6.76. The minimum Gasteiger partial charge on any atom is -0.392 e. The minimum atomic E-state index is -3.79. The Bertz CT molecular complexity index is 718. The lowest BCUT2D eigenvalue weighted by Crippen LogP contribution is -2.26. The maximum Gasteiger partial charge on any atom is 0.242 e. The third kappa shape index (κ3) is 3.75. The molecule has 0 saturated heterocycles. The van der Waals surface area contributed by atoms with Crippen molar-refractivity contribution in [2.24, 2.45) is 0 Å². The molecule has 0 spiro atoms. The topological polar surface area (TPSA) is 95.1 Å². The van der Waals surface area contributed by atoms with Crippen LogP contribution in [0.15, 0.2) is 29.4 Å². The summed E-state index contributed by atoms with van der Waals surface area (Å²) in [5.74, 6) is 0.677. The molecule has 6 nitrogen and oxygen atoms in total. The lowest BCUT2D eigenvalue weighted by atomic mass is 10.2. The predicted octanol–water partition coefficient (Wildman–Crippen LogP) is 1.73. The first kappa shape index (κ1) is 16.3. The second-order valence-electron chi connectivity index (χ2n) is 4.18. The van der Waals surface area contributed by atoms with E-state index >= 15 is 0 Å². The molecule has 0 aliphatic rings. The third-order valence-corrected chi connectivity index (χ3v) is 5.21. The van der Waals surface area contributed by atoms with Crippen molar-refractivity contribution in [3.63, 3.8) is 0 Å². The number of hydrogen-bond acceptors (Lipinski definition) is 4. The van der Waals surface area contributed by atoms with Gasteiger partial charge in [0.2, 0.25) is 10.0 Å². The van der Waals surface area contributed by atoms with Gasteiger partial charge in [-0.1, -0.05) is 23.2 Å². The van der Waals surface area contributed by atoms with Gasteiger partial charge in [0.15, 0.2) is 0 Å². The summed E-state index contributed by atoms with van der Waals surface area (Å²) >= 11 is 11.8. The van der Waals surface area contributed by atoms with E-state index in [0.29, 0.717) is 12.2 Å². The Morgan fingerprint density at radius 1 is 1.33 bits per heavy atom. The number of aliphatic hydroxyl groups excluding tert-OH is 1. The van der Waals surface area contributed by atoms with Gasteiger partial charge in [-0.3, -0.25) is 0 Å². The van der Waals surface area contributed by atoms with Gasteiger partial charge in [-0.2, -0.15) is 0 Å². The SMILES string of the molecule is O=S(=O)(NCCc1ncc[nH]1)c1ccc(Cl)c(CO)c1Cl. The van der Waals surface area contributed by atoms with E-state index in [4.69, 9.17) is 23.2 Å². The molecule has 0 aliphatic carbocycles. The minimum absolute atomic E-state index is 0.0736. The van der Waals surface area contributed by atoms with Crippen LogP contribution in [0.1, 0.15) is 11.4 Å². The Morgan fingerprint density at radius 2 is 2.10 bits per heavy atom. The van der Waals surface area contributed by atoms with Gasteiger partial charge in [-0.25, -0.2) is 18.1 Å². The van der Waals surface area contributed by atoms with Gasteiger partial charge in [0, 0.05) is 35.9 Å². The van der Waals surface area contributed by atoms with Crippen LogP contribution in [0.25, 0.3) is 0 Å². The fourth-order valence-corrected chi connectivity index (χ4v) is 3.67. The van der Waals surface area contributed by atoms with Crippen molar-refractivity contribution in [2.45, 2.75) is 17.9 Å². The molecule has 0 unspecified atom stereocenters. The molecule has 0 saturated carbocycles. The molecule has 0 fully saturated rings. The van der Waals surface area contributed by atoms with Crippen LogP contribution in [0.2, 0.25) is 10.0 Å². The number of nitrogens with zero attached hydrogens (tertiary/aromatic N) is 1. The van der Waals surface area contributed by atoms with Gasteiger partial charge in [0.25, 0.3) is 0 Å². The van der Waals surface area contributed by atoms with Gasteiger partial charge in [-0.15, -0.1) is 0 Å². The Labute approximate surface area is 132 Å². The van der Waals surface area contributed by atoms with Crippen LogP contribution in [0.5, 0.6) is 0 Å². The summed E-state index contributed by atoms with van der Waals surface area (Å²) in [6, 6.07) is 2.69. The molecule has 3 N–H and O–H groups in total. The lowest BCUT2D eigenvalue weighted by Gasteiger charge is -2.11. The van der Waals surface area contributed by atoms with Crippen LogP contribution in [0.3, 0.4) is 0 Å². The summed E-state index contributed by atoms with van der Waals surface area (Å²) in [4.78, 5) is 6.76. The van der Waals surface area contributed by atoms with E-state index in [1.807, 2.05) is 0 Å². The van der Waals surface area contributed by atoms with Gasteiger partial charge < -0.3 is 10.1 Å². The van der Waals surface area contributed by atoms with E-state index in [1.54, 1.807) is 12.4 Å². The van der Waals surface area contributed by atoms with Crippen molar-refractivity contribution >= 4 is 33.2 Å². The number of sulfonamides is 1. The average molecular weight is 350 g/mol. The van der Waals surface area contributed by atoms with Crippen molar-refractivity contribution in [1.29, 1.82) is 0 Å². The summed E-state index contributed by atoms with van der Waals surface area (Å²) < 4.78 is 26.8. The molecule has 21 heavy (non-hydrogen) atoms. The van der Waals surface area contributed by atoms with E-state index in [1.165, 1.54) is 12.1 Å². The number of aliphatic hydroxyl groups is 1. The fourth-order valence-electron chi connectivity index (χ4n) is 1.74. The third-order valence-electron chi connectivity index (χ3n) is 2.81. The molecule has 1 aromatic carbocycles. The first-order valence-corrected chi connectivity index (χ1v) is 8.25. The van der Waals surface area contributed by atoms with Gasteiger partial charge in [0.05, 0.1) is 11.6 Å². The highest BCUT2D eigenvalue weighted by Crippen LogP contribution is 2.30. The van der Waals surface area contributed by atoms with E-state index in [0.717, 1.165) is 0 Å². The number of halogens is 2. The fraction of sp³-hybridized carbons (Fsp3) is 0.250. The molecule has 9 heteroatoms. The highest BCUT2D eigenvalue weighted by atomic mass is 35.5. The number of aromatic nitrogens is 2. The Morgan fingerprint density at radius 3 is 2.71 bits per heavy atom. The molecular formula is C12H13Cl2N3O3S. The molecule has 0 bridgehead atoms. The molecule has 1 aromatic heterocycles. The van der Waals surface area contributed by atoms with Crippen molar-refractivity contribution < 1.29 is 13.5 Å². The molecular weight excluding hydrogens is 337 g/mol. The van der Waals surface area contributed by atoms with Crippen LogP contribution in [-0.2, 0) is 23.1 Å². The van der Waals surface area contributed by atoms with E-state index < -0.39 is 16.6 Å². The molecule has 114 valence electrons. The molecule has 1 heterocycles. The Hall–Kier alpha value is -1.12. The number of nitrogens with one attached hydrogen (secondary N) is 2. The first-order chi connectivity index (χ1) is 9.95. The zero-order valence-electron chi connectivity index (χ0n) is 10.8. The number of rotatable bonds is 6. The predicted molar refractivity (Wildman–Crippen MR) is 79.9 cm³/mol. The normalized spacial score (nSPS) is 11.8. The Kier molecular flexibility index (Phi) is 5.23. The van der Waals surface area contributed by atoms with Crippen molar-refractivity contribution in [2.75, 3.05) is 6.54 Å². The molecule has 0 radical (unpaired) electrons. The monoisotopic (exact) mass is 349 g/mol. The number of benzene rings is 1. The molecule has 0 atom stereocenters. The lowest BCUT2D eigenvalue weighted by molar-refractivity contribution is 0.281. The van der Waals surface area contributed by atoms with Crippen LogP contribution >= 0.6 is 23.2 Å². The van der Waals surface area contributed by atoms with Crippen molar-refractivity contribution in [1.82, 2.24) is 14.7 Å². The summed E-state index contributed by atoms with van der Waals surface area (Å²) in [5, 5.41) is 9.34. The molecule has 0 aliphatic heterocycles. The number of H-pyrrole nitrogens is 1. The summed E-state index contributed by atoms with van der Waals surface area (Å²) in [6.45, 7) is -0.267. The van der Waals surface area contributed by atoms with E-state index in [9.17, 15) is 13.5 Å². The second-order valence-corrected chi connectivity index (χ2v) is 6.70. The maximum absolute atomic E-state index is 12.2. The van der Waals surface area contributed by atoms with Crippen LogP contribution < -0.4 is 4.72 Å². The van der Waals surface area contributed by atoms with E-state index in [2.05, 4.69) is 14.7 Å². The largest absolute Gasteiger partial charge is 0.392 e. The van der Waals surface area contributed by atoms with Crippen LogP contribution in [0, 0.1) is 0 Å². The van der Waals surface area contributed by atoms with Gasteiger partial charge in [-0.05, 0) is 12.1 Å². The van der Waals surface area contributed by atoms with E-state index in [-0.39, 0.29) is 27.0 Å². The highest BCUT2D eigenvalue weighted by molar-refractivity contribution is 7.89. The van der Waals surface area contributed by atoms with Gasteiger partial charge >= 0.3 is 0 Å². The highest BCUT2D eigenvalue weighted by Gasteiger charge is 2.21. The molecule has 2 aromatic rings. The zero-order chi connectivity index (χ0) is 15.5. The zero-order valence-corrected chi connectivity index (χ0v) is 13.1. The van der Waals surface area contributed by atoms with Crippen LogP contribution in [-0.4, -0.2) is 30.0 Å². The first-order valence-electron chi connectivity index (χ1n) is 6.01. The van der Waals surface area contributed by atoms with Crippen molar-refractivity contribution in [3.8, 4) is 0 Å². The smallest absolute Gasteiger partial charge is 0.242 e. The molecule has 2 rings (SSSR count).